The van der Waals surface area contributed by atoms with Gasteiger partial charge in [0.15, 0.2) is 0 Å². The van der Waals surface area contributed by atoms with Gasteiger partial charge in [0.2, 0.25) is 0 Å². The minimum absolute atomic E-state index is 0.0621. The Labute approximate surface area is 74.0 Å². The third-order valence-corrected chi connectivity index (χ3v) is 2.18. The molecular weight excluding hydrogens is 156 g/mol. The van der Waals surface area contributed by atoms with Crippen LogP contribution < -0.4 is 0 Å². The molecule has 0 amide bonds. The largest absolute Gasteiger partial charge is 0.394 e. The Bertz CT molecular complexity index is 106. The molecule has 0 saturated heterocycles. The van der Waals surface area contributed by atoms with E-state index in [-0.39, 0.29) is 12.5 Å². The van der Waals surface area contributed by atoms with Crippen LogP contribution in [0.25, 0.3) is 0 Å². The topological polar surface area (TPSA) is 60.7 Å². The fraction of sp³-hybridized carbons (Fsp3) is 1.00. The Balaban J connectivity index is 3.67. The summed E-state index contributed by atoms with van der Waals surface area (Å²) in [5.41, 5.74) is 0. The molecule has 12 heavy (non-hydrogen) atoms. The van der Waals surface area contributed by atoms with Crippen molar-refractivity contribution in [2.75, 3.05) is 6.61 Å². The molecule has 0 bridgehead atoms. The lowest BCUT2D eigenvalue weighted by Crippen LogP contribution is -2.34. The van der Waals surface area contributed by atoms with Crippen LogP contribution in [0.1, 0.15) is 33.1 Å². The molecule has 0 rings (SSSR count). The lowest BCUT2D eigenvalue weighted by molar-refractivity contribution is -0.0412. The summed E-state index contributed by atoms with van der Waals surface area (Å²) in [5.74, 6) is 0.0621. The number of hydrogen-bond donors (Lipinski definition) is 3. The maximum absolute atomic E-state index is 9.40. The van der Waals surface area contributed by atoms with Crippen LogP contribution in [0, 0.1) is 5.92 Å². The average molecular weight is 176 g/mol. The Hall–Kier alpha value is -0.120. The fourth-order valence-corrected chi connectivity index (χ4v) is 1.18. The first kappa shape index (κ1) is 11.9. The molecule has 0 heterocycles. The summed E-state index contributed by atoms with van der Waals surface area (Å²) in [7, 11) is 0. The van der Waals surface area contributed by atoms with Crippen LogP contribution in [0.3, 0.4) is 0 Å². The summed E-state index contributed by atoms with van der Waals surface area (Å²) >= 11 is 0. The van der Waals surface area contributed by atoms with E-state index >= 15 is 0 Å². The molecule has 0 saturated carbocycles. The molecule has 0 aromatic rings. The Morgan fingerprint density at radius 2 is 1.83 bits per heavy atom. The summed E-state index contributed by atoms with van der Waals surface area (Å²) < 4.78 is 0. The van der Waals surface area contributed by atoms with Crippen LogP contribution in [0.15, 0.2) is 0 Å². The van der Waals surface area contributed by atoms with Crippen molar-refractivity contribution >= 4 is 0 Å². The number of unbranched alkanes of at least 4 members (excludes halogenated alkanes) is 1. The first-order chi connectivity index (χ1) is 5.63. The van der Waals surface area contributed by atoms with Crippen LogP contribution in [0.2, 0.25) is 0 Å². The molecule has 3 heteroatoms. The number of aliphatic hydroxyl groups excluding tert-OH is 3. The van der Waals surface area contributed by atoms with Crippen LogP contribution in [0.5, 0.6) is 0 Å². The maximum atomic E-state index is 9.40. The zero-order chi connectivity index (χ0) is 9.56. The van der Waals surface area contributed by atoms with E-state index in [4.69, 9.17) is 10.2 Å². The quantitative estimate of drug-likeness (QED) is 0.553. The second-order valence-electron chi connectivity index (χ2n) is 3.36. The minimum Gasteiger partial charge on any atom is -0.394 e. The molecule has 0 spiro atoms. The summed E-state index contributed by atoms with van der Waals surface area (Å²) in [4.78, 5) is 0. The number of hydrogen-bond acceptors (Lipinski definition) is 3. The van der Waals surface area contributed by atoms with Crippen molar-refractivity contribution in [2.45, 2.75) is 45.3 Å². The van der Waals surface area contributed by atoms with Crippen molar-refractivity contribution in [1.29, 1.82) is 0 Å². The van der Waals surface area contributed by atoms with Gasteiger partial charge in [-0.3, -0.25) is 0 Å². The first-order valence-corrected chi connectivity index (χ1v) is 4.60. The van der Waals surface area contributed by atoms with Crippen molar-refractivity contribution in [3.8, 4) is 0 Å². The zero-order valence-corrected chi connectivity index (χ0v) is 7.90. The van der Waals surface area contributed by atoms with E-state index in [0.717, 1.165) is 19.3 Å². The van der Waals surface area contributed by atoms with E-state index in [2.05, 4.69) is 6.92 Å². The van der Waals surface area contributed by atoms with Gasteiger partial charge in [0.05, 0.1) is 12.7 Å². The highest BCUT2D eigenvalue weighted by atomic mass is 16.4. The summed E-state index contributed by atoms with van der Waals surface area (Å²) in [6.45, 7) is 3.61. The molecule has 0 aromatic heterocycles. The van der Waals surface area contributed by atoms with Gasteiger partial charge in [-0.1, -0.05) is 26.7 Å². The van der Waals surface area contributed by atoms with Gasteiger partial charge in [-0.15, -0.1) is 0 Å². The molecule has 0 aliphatic heterocycles. The SMILES string of the molecule is CCCC[C@@H](C)[C@@H](O)[C@H](O)CO. The third-order valence-electron chi connectivity index (χ3n) is 2.18. The molecule has 3 atom stereocenters. The van der Waals surface area contributed by atoms with E-state index in [1.807, 2.05) is 6.92 Å². The summed E-state index contributed by atoms with van der Waals surface area (Å²) in [6.07, 6.45) is 1.26. The Kier molecular flexibility index (Phi) is 6.34. The maximum Gasteiger partial charge on any atom is 0.103 e. The predicted octanol–water partition coefficient (Wildman–Crippen LogP) is 0.527. The van der Waals surface area contributed by atoms with Gasteiger partial charge in [0, 0.05) is 0 Å². The Morgan fingerprint density at radius 1 is 1.25 bits per heavy atom. The van der Waals surface area contributed by atoms with Gasteiger partial charge in [-0.05, 0) is 12.3 Å². The molecule has 0 fully saturated rings. The lowest BCUT2D eigenvalue weighted by Gasteiger charge is -2.22. The van der Waals surface area contributed by atoms with Crippen molar-refractivity contribution in [1.82, 2.24) is 0 Å². The van der Waals surface area contributed by atoms with Crippen molar-refractivity contribution in [3.05, 3.63) is 0 Å². The highest BCUT2D eigenvalue weighted by molar-refractivity contribution is 4.71. The minimum atomic E-state index is -0.989. The lowest BCUT2D eigenvalue weighted by atomic mass is 9.95. The van der Waals surface area contributed by atoms with Crippen LogP contribution in [0.4, 0.5) is 0 Å². The highest BCUT2D eigenvalue weighted by Crippen LogP contribution is 2.14. The van der Waals surface area contributed by atoms with Crippen molar-refractivity contribution in [3.63, 3.8) is 0 Å². The van der Waals surface area contributed by atoms with E-state index in [9.17, 15) is 5.11 Å². The van der Waals surface area contributed by atoms with E-state index < -0.39 is 12.2 Å². The van der Waals surface area contributed by atoms with Crippen molar-refractivity contribution < 1.29 is 15.3 Å². The third kappa shape index (κ3) is 4.04. The van der Waals surface area contributed by atoms with E-state index in [0.29, 0.717) is 0 Å². The second-order valence-corrected chi connectivity index (χ2v) is 3.36. The normalized spacial score (nSPS) is 18.8. The molecule has 0 aliphatic rings. The standard InChI is InChI=1S/C9H20O3/c1-3-4-5-7(2)9(12)8(11)6-10/h7-12H,3-6H2,1-2H3/t7-,8-,9-/m1/s1. The van der Waals surface area contributed by atoms with Crippen LogP contribution in [-0.2, 0) is 0 Å². The highest BCUT2D eigenvalue weighted by Gasteiger charge is 2.21. The van der Waals surface area contributed by atoms with Crippen LogP contribution >= 0.6 is 0 Å². The molecule has 0 aliphatic carbocycles. The first-order valence-electron chi connectivity index (χ1n) is 4.60. The van der Waals surface area contributed by atoms with E-state index in [1.54, 1.807) is 0 Å². The molecule has 0 radical (unpaired) electrons. The predicted molar refractivity (Wildman–Crippen MR) is 47.8 cm³/mol. The van der Waals surface area contributed by atoms with Gasteiger partial charge in [0.25, 0.3) is 0 Å². The fourth-order valence-electron chi connectivity index (χ4n) is 1.18. The zero-order valence-electron chi connectivity index (χ0n) is 7.90. The molecule has 74 valence electrons. The van der Waals surface area contributed by atoms with Crippen molar-refractivity contribution in [2.24, 2.45) is 5.92 Å². The molecule has 0 aromatic carbocycles. The summed E-state index contributed by atoms with van der Waals surface area (Å²) in [6, 6.07) is 0. The van der Waals surface area contributed by atoms with Gasteiger partial charge < -0.3 is 15.3 Å². The molecule has 3 N–H and O–H groups in total. The monoisotopic (exact) mass is 176 g/mol. The average Bonchev–Trinajstić information content (AvgIpc) is 2.11. The number of rotatable bonds is 6. The molecule has 3 nitrogen and oxygen atoms in total. The molecular formula is C9H20O3. The van der Waals surface area contributed by atoms with Gasteiger partial charge in [0.1, 0.15) is 6.10 Å². The molecule has 0 unspecified atom stereocenters. The summed E-state index contributed by atoms with van der Waals surface area (Å²) in [5, 5.41) is 27.1. The van der Waals surface area contributed by atoms with Gasteiger partial charge in [-0.2, -0.15) is 0 Å². The van der Waals surface area contributed by atoms with Gasteiger partial charge >= 0.3 is 0 Å². The van der Waals surface area contributed by atoms with Gasteiger partial charge in [-0.25, -0.2) is 0 Å². The number of aliphatic hydroxyl groups is 3. The van der Waals surface area contributed by atoms with Crippen LogP contribution in [-0.4, -0.2) is 34.1 Å². The Morgan fingerprint density at radius 3 is 2.25 bits per heavy atom. The van der Waals surface area contributed by atoms with E-state index in [1.165, 1.54) is 0 Å². The smallest absolute Gasteiger partial charge is 0.103 e. The second kappa shape index (κ2) is 6.40.